The van der Waals surface area contributed by atoms with E-state index in [0.29, 0.717) is 0 Å². The normalized spacial score (nSPS) is 12.1. The van der Waals surface area contributed by atoms with Gasteiger partial charge in [0.2, 0.25) is 0 Å². The average Bonchev–Trinajstić information content (AvgIpc) is 2.80. The van der Waals surface area contributed by atoms with Gasteiger partial charge in [-0.3, -0.25) is 0 Å². The van der Waals surface area contributed by atoms with Gasteiger partial charge in [-0.1, -0.05) is 60.7 Å². The van der Waals surface area contributed by atoms with Crippen LogP contribution in [0.3, 0.4) is 0 Å². The fourth-order valence-electron chi connectivity index (χ4n) is 4.26. The van der Waals surface area contributed by atoms with Crippen LogP contribution in [0.1, 0.15) is 0 Å². The van der Waals surface area contributed by atoms with E-state index in [1.807, 2.05) is 18.3 Å². The first-order valence-corrected chi connectivity index (χ1v) is 9.68. The second-order valence-corrected chi connectivity index (χ2v) is 7.19. The maximum absolute atomic E-state index is 4.70. The molecule has 0 unspecified atom stereocenters. The molecule has 0 saturated carbocycles. The van der Waals surface area contributed by atoms with Crippen molar-refractivity contribution in [3.63, 3.8) is 0 Å². The molecule has 5 aromatic rings. The minimum absolute atomic E-state index is 0.963. The Labute approximate surface area is 168 Å². The lowest BCUT2D eigenvalue weighted by Crippen LogP contribution is -2.16. The van der Waals surface area contributed by atoms with Gasteiger partial charge in [0.1, 0.15) is 6.33 Å². The predicted molar refractivity (Wildman–Crippen MR) is 119 cm³/mol. The third-order valence-electron chi connectivity index (χ3n) is 5.51. The van der Waals surface area contributed by atoms with E-state index in [4.69, 9.17) is 4.98 Å². The number of anilines is 3. The summed E-state index contributed by atoms with van der Waals surface area (Å²) in [6.45, 7) is 0. The highest BCUT2D eigenvalue weighted by Crippen LogP contribution is 2.50. The SMILES string of the molecule is c1ccc(-c2cc3c4c(cccc4c2)N(c2ccccc2)c2cncnc2-3)cc1. The van der Waals surface area contributed by atoms with E-state index < -0.39 is 0 Å². The summed E-state index contributed by atoms with van der Waals surface area (Å²) in [5, 5.41) is 2.44. The first-order valence-electron chi connectivity index (χ1n) is 9.68. The van der Waals surface area contributed by atoms with Gasteiger partial charge in [-0.25, -0.2) is 9.97 Å². The molecular formula is C26H17N3. The Kier molecular flexibility index (Phi) is 3.47. The molecule has 0 saturated heterocycles. The molecule has 1 aliphatic heterocycles. The summed E-state index contributed by atoms with van der Waals surface area (Å²) in [4.78, 5) is 11.3. The highest BCUT2D eigenvalue weighted by molar-refractivity contribution is 6.14. The van der Waals surface area contributed by atoms with Crippen molar-refractivity contribution in [1.82, 2.24) is 9.97 Å². The topological polar surface area (TPSA) is 29.0 Å². The molecule has 3 nitrogen and oxygen atoms in total. The molecule has 0 amide bonds. The second-order valence-electron chi connectivity index (χ2n) is 7.19. The monoisotopic (exact) mass is 371 g/mol. The lowest BCUT2D eigenvalue weighted by molar-refractivity contribution is 1.13. The van der Waals surface area contributed by atoms with Crippen LogP contribution in [-0.4, -0.2) is 9.97 Å². The Hall–Kier alpha value is -3.98. The number of rotatable bonds is 2. The smallest absolute Gasteiger partial charge is 0.116 e. The van der Waals surface area contributed by atoms with Crippen molar-refractivity contribution in [3.8, 4) is 22.4 Å². The van der Waals surface area contributed by atoms with E-state index in [2.05, 4.69) is 88.7 Å². The molecule has 0 spiro atoms. The fraction of sp³-hybridized carbons (Fsp3) is 0. The minimum Gasteiger partial charge on any atom is -0.306 e. The van der Waals surface area contributed by atoms with Gasteiger partial charge in [-0.15, -0.1) is 0 Å². The van der Waals surface area contributed by atoms with Crippen LogP contribution in [-0.2, 0) is 0 Å². The van der Waals surface area contributed by atoms with E-state index in [-0.39, 0.29) is 0 Å². The van der Waals surface area contributed by atoms with Gasteiger partial charge >= 0.3 is 0 Å². The zero-order valence-corrected chi connectivity index (χ0v) is 15.7. The largest absolute Gasteiger partial charge is 0.306 e. The lowest BCUT2D eigenvalue weighted by Gasteiger charge is -2.32. The third-order valence-corrected chi connectivity index (χ3v) is 5.51. The molecule has 29 heavy (non-hydrogen) atoms. The van der Waals surface area contributed by atoms with Gasteiger partial charge in [0.15, 0.2) is 0 Å². The van der Waals surface area contributed by atoms with Crippen molar-refractivity contribution in [2.45, 2.75) is 0 Å². The Morgan fingerprint density at radius 3 is 2.28 bits per heavy atom. The molecule has 0 fully saturated rings. The molecule has 6 rings (SSSR count). The Morgan fingerprint density at radius 2 is 1.45 bits per heavy atom. The van der Waals surface area contributed by atoms with Crippen molar-refractivity contribution >= 4 is 27.8 Å². The van der Waals surface area contributed by atoms with Crippen LogP contribution < -0.4 is 4.90 Å². The molecule has 1 aromatic heterocycles. The molecule has 136 valence electrons. The summed E-state index contributed by atoms with van der Waals surface area (Å²) in [5.74, 6) is 0. The van der Waals surface area contributed by atoms with Gasteiger partial charge in [-0.2, -0.15) is 0 Å². The Morgan fingerprint density at radius 1 is 0.655 bits per heavy atom. The first kappa shape index (κ1) is 16.0. The first-order chi connectivity index (χ1) is 14.4. The quantitative estimate of drug-likeness (QED) is 0.337. The van der Waals surface area contributed by atoms with E-state index >= 15 is 0 Å². The zero-order chi connectivity index (χ0) is 19.2. The lowest BCUT2D eigenvalue weighted by atomic mass is 9.90. The number of hydrogen-bond donors (Lipinski definition) is 0. The second kappa shape index (κ2) is 6.28. The molecule has 2 heterocycles. The summed E-state index contributed by atoms with van der Waals surface area (Å²) in [7, 11) is 0. The number of benzene rings is 4. The third kappa shape index (κ3) is 2.44. The van der Waals surface area contributed by atoms with E-state index in [1.165, 1.54) is 21.9 Å². The number of nitrogens with zero attached hydrogens (tertiary/aromatic N) is 3. The van der Waals surface area contributed by atoms with Gasteiger partial charge in [0, 0.05) is 16.6 Å². The van der Waals surface area contributed by atoms with E-state index in [1.54, 1.807) is 6.33 Å². The van der Waals surface area contributed by atoms with Crippen LogP contribution >= 0.6 is 0 Å². The molecule has 0 atom stereocenters. The average molecular weight is 371 g/mol. The molecule has 0 radical (unpaired) electrons. The van der Waals surface area contributed by atoms with Gasteiger partial charge in [-0.05, 0) is 46.8 Å². The Bertz CT molecular complexity index is 1340. The summed E-state index contributed by atoms with van der Waals surface area (Å²) in [6.07, 6.45) is 3.54. The molecule has 1 aliphatic rings. The van der Waals surface area contributed by atoms with Crippen molar-refractivity contribution in [1.29, 1.82) is 0 Å². The van der Waals surface area contributed by atoms with Gasteiger partial charge in [0.25, 0.3) is 0 Å². The van der Waals surface area contributed by atoms with E-state index in [0.717, 1.165) is 28.3 Å². The molecule has 3 heteroatoms. The number of aromatic nitrogens is 2. The van der Waals surface area contributed by atoms with Crippen molar-refractivity contribution in [2.24, 2.45) is 0 Å². The molecule has 0 bridgehead atoms. The summed E-state index contributed by atoms with van der Waals surface area (Å²) < 4.78 is 0. The van der Waals surface area contributed by atoms with Crippen molar-refractivity contribution in [3.05, 3.63) is 104 Å². The zero-order valence-electron chi connectivity index (χ0n) is 15.7. The van der Waals surface area contributed by atoms with Crippen LogP contribution in [0, 0.1) is 0 Å². The number of fused-ring (bicyclic) bond motifs is 2. The van der Waals surface area contributed by atoms with Crippen LogP contribution in [0.15, 0.2) is 104 Å². The molecular weight excluding hydrogens is 354 g/mol. The summed E-state index contributed by atoms with van der Waals surface area (Å²) >= 11 is 0. The maximum Gasteiger partial charge on any atom is 0.116 e. The highest BCUT2D eigenvalue weighted by atomic mass is 15.2. The van der Waals surface area contributed by atoms with Gasteiger partial charge < -0.3 is 4.90 Å². The van der Waals surface area contributed by atoms with Crippen LogP contribution in [0.2, 0.25) is 0 Å². The van der Waals surface area contributed by atoms with Crippen LogP contribution in [0.5, 0.6) is 0 Å². The fourth-order valence-corrected chi connectivity index (χ4v) is 4.26. The number of hydrogen-bond acceptors (Lipinski definition) is 3. The van der Waals surface area contributed by atoms with Crippen molar-refractivity contribution < 1.29 is 0 Å². The van der Waals surface area contributed by atoms with Crippen molar-refractivity contribution in [2.75, 3.05) is 4.90 Å². The summed E-state index contributed by atoms with van der Waals surface area (Å²) in [6, 6.07) is 31.9. The number of para-hydroxylation sites is 1. The standard InChI is InChI=1S/C26H17N3/c1-3-8-18(9-4-1)20-14-19-10-7-13-23-25(19)22(15-20)26-24(16-27-17-28-26)29(23)21-11-5-2-6-12-21/h1-17H. The Balaban J connectivity index is 1.71. The minimum atomic E-state index is 0.963. The highest BCUT2D eigenvalue weighted by Gasteiger charge is 2.27. The maximum atomic E-state index is 4.70. The van der Waals surface area contributed by atoms with E-state index in [9.17, 15) is 0 Å². The summed E-state index contributed by atoms with van der Waals surface area (Å²) in [5.41, 5.74) is 7.79. The predicted octanol–water partition coefficient (Wildman–Crippen LogP) is 6.75. The van der Waals surface area contributed by atoms with Crippen LogP contribution in [0.4, 0.5) is 17.1 Å². The molecule has 4 aromatic carbocycles. The molecule has 0 aliphatic carbocycles. The van der Waals surface area contributed by atoms with Crippen LogP contribution in [0.25, 0.3) is 33.2 Å². The molecule has 0 N–H and O–H groups in total. The van der Waals surface area contributed by atoms with Gasteiger partial charge in [0.05, 0.1) is 23.3 Å².